The number of fused-ring (bicyclic) bond motifs is 1. The Morgan fingerprint density at radius 2 is 2.00 bits per heavy atom. The van der Waals surface area contributed by atoms with Crippen LogP contribution in [0.15, 0.2) is 59.7 Å². The minimum Gasteiger partial charge on any atom is -0.497 e. The van der Waals surface area contributed by atoms with Crippen LogP contribution in [0.5, 0.6) is 11.5 Å². The van der Waals surface area contributed by atoms with Crippen molar-refractivity contribution in [3.05, 3.63) is 70.8 Å². The van der Waals surface area contributed by atoms with E-state index in [9.17, 15) is 4.79 Å². The van der Waals surface area contributed by atoms with Gasteiger partial charge in [-0.25, -0.2) is 9.97 Å². The molecule has 0 aliphatic carbocycles. The fraction of sp³-hybridized carbons (Fsp3) is 0.190. The quantitative estimate of drug-likeness (QED) is 0.559. The predicted octanol–water partition coefficient (Wildman–Crippen LogP) is 3.24. The van der Waals surface area contributed by atoms with Gasteiger partial charge in [0.25, 0.3) is 5.56 Å². The van der Waals surface area contributed by atoms with Gasteiger partial charge in [-0.3, -0.25) is 4.79 Å². The van der Waals surface area contributed by atoms with Crippen LogP contribution >= 0.6 is 0 Å². The molecule has 0 radical (unpaired) electrons. The number of aromatic amines is 1. The Morgan fingerprint density at radius 3 is 2.82 bits per heavy atom. The molecule has 142 valence electrons. The van der Waals surface area contributed by atoms with Crippen molar-refractivity contribution in [3.63, 3.8) is 0 Å². The highest BCUT2D eigenvalue weighted by molar-refractivity contribution is 5.73. The van der Waals surface area contributed by atoms with E-state index >= 15 is 0 Å². The molecule has 0 atom stereocenters. The van der Waals surface area contributed by atoms with Gasteiger partial charge >= 0.3 is 0 Å². The summed E-state index contributed by atoms with van der Waals surface area (Å²) in [5.74, 6) is 1.94. The fourth-order valence-electron chi connectivity index (χ4n) is 3.13. The summed E-state index contributed by atoms with van der Waals surface area (Å²) < 4.78 is 12.7. The molecular formula is C21H20N4O3. The van der Waals surface area contributed by atoms with Crippen LogP contribution in [0.25, 0.3) is 22.6 Å². The molecule has 0 aliphatic heterocycles. The molecule has 0 amide bonds. The molecule has 0 saturated heterocycles. The Morgan fingerprint density at radius 1 is 1.14 bits per heavy atom. The number of hydrogen-bond acceptors (Lipinski definition) is 5. The minimum absolute atomic E-state index is 0.241. The van der Waals surface area contributed by atoms with Crippen molar-refractivity contribution in [2.24, 2.45) is 0 Å². The number of H-pyrrole nitrogens is 1. The second-order valence-electron chi connectivity index (χ2n) is 6.23. The molecule has 28 heavy (non-hydrogen) atoms. The number of para-hydroxylation sites is 1. The number of ether oxygens (including phenoxy) is 2. The number of rotatable bonds is 6. The summed E-state index contributed by atoms with van der Waals surface area (Å²) in [4.78, 5) is 24.5. The maximum absolute atomic E-state index is 12.8. The van der Waals surface area contributed by atoms with Gasteiger partial charge in [-0.2, -0.15) is 0 Å². The monoisotopic (exact) mass is 376 g/mol. The van der Waals surface area contributed by atoms with Crippen LogP contribution < -0.4 is 15.0 Å². The van der Waals surface area contributed by atoms with E-state index in [0.717, 1.165) is 16.9 Å². The molecule has 0 saturated carbocycles. The molecule has 1 N–H and O–H groups in total. The molecule has 2 aromatic carbocycles. The van der Waals surface area contributed by atoms with Crippen LogP contribution in [0.2, 0.25) is 0 Å². The summed E-state index contributed by atoms with van der Waals surface area (Å²) in [7, 11) is 1.60. The van der Waals surface area contributed by atoms with Gasteiger partial charge in [0.2, 0.25) is 0 Å². The van der Waals surface area contributed by atoms with Gasteiger partial charge in [0, 0.05) is 11.1 Å². The van der Waals surface area contributed by atoms with Crippen LogP contribution in [0.1, 0.15) is 12.5 Å². The van der Waals surface area contributed by atoms with E-state index in [1.807, 2.05) is 55.5 Å². The Hall–Kier alpha value is -3.61. The third kappa shape index (κ3) is 3.34. The number of hydrogen-bond donors (Lipinski definition) is 1. The number of aromatic nitrogens is 4. The third-order valence-electron chi connectivity index (χ3n) is 4.44. The van der Waals surface area contributed by atoms with Crippen LogP contribution in [0.3, 0.4) is 0 Å². The predicted molar refractivity (Wildman–Crippen MR) is 107 cm³/mol. The fourth-order valence-corrected chi connectivity index (χ4v) is 3.13. The standard InChI is InChI=1S/C21H20N4O3/c1-3-28-17-10-5-4-7-15(17)12-25-13-22-20-18(25)21(26)24-19(23-20)14-8-6-9-16(11-14)27-2/h4-11,13H,3,12H2,1-2H3,(H,23,24,26). The SMILES string of the molecule is CCOc1ccccc1Cn1cnc2nc(-c3cccc(OC)c3)[nH]c(=O)c21. The molecule has 0 bridgehead atoms. The van der Waals surface area contributed by atoms with E-state index in [1.54, 1.807) is 18.0 Å². The molecule has 0 aliphatic rings. The van der Waals surface area contributed by atoms with E-state index in [-0.39, 0.29) is 5.56 Å². The van der Waals surface area contributed by atoms with E-state index in [4.69, 9.17) is 9.47 Å². The molecule has 2 aromatic heterocycles. The van der Waals surface area contributed by atoms with Crippen LogP contribution in [0.4, 0.5) is 0 Å². The molecular weight excluding hydrogens is 356 g/mol. The van der Waals surface area contributed by atoms with Gasteiger partial charge in [-0.15, -0.1) is 0 Å². The van der Waals surface area contributed by atoms with Gasteiger partial charge in [0.05, 0.1) is 26.6 Å². The highest BCUT2D eigenvalue weighted by Crippen LogP contribution is 2.23. The van der Waals surface area contributed by atoms with Crippen LogP contribution in [0, 0.1) is 0 Å². The zero-order valence-electron chi connectivity index (χ0n) is 15.7. The summed E-state index contributed by atoms with van der Waals surface area (Å²) in [6.07, 6.45) is 1.63. The van der Waals surface area contributed by atoms with Gasteiger partial charge in [0.1, 0.15) is 17.3 Å². The van der Waals surface area contributed by atoms with Crippen molar-refractivity contribution in [3.8, 4) is 22.9 Å². The van der Waals surface area contributed by atoms with Crippen LogP contribution in [-0.2, 0) is 6.54 Å². The zero-order chi connectivity index (χ0) is 19.5. The van der Waals surface area contributed by atoms with Crippen molar-refractivity contribution in [1.82, 2.24) is 19.5 Å². The number of methoxy groups -OCH3 is 1. The first-order chi connectivity index (χ1) is 13.7. The first-order valence-electron chi connectivity index (χ1n) is 9.00. The zero-order valence-corrected chi connectivity index (χ0v) is 15.7. The Kier molecular flexibility index (Phi) is 4.80. The number of imidazole rings is 1. The lowest BCUT2D eigenvalue weighted by Gasteiger charge is -2.11. The minimum atomic E-state index is -0.241. The lowest BCUT2D eigenvalue weighted by Crippen LogP contribution is -2.14. The molecule has 0 spiro atoms. The average molecular weight is 376 g/mol. The average Bonchev–Trinajstić information content (AvgIpc) is 3.13. The lowest BCUT2D eigenvalue weighted by atomic mass is 10.2. The second-order valence-corrected chi connectivity index (χ2v) is 6.23. The number of benzene rings is 2. The first kappa shape index (κ1) is 17.8. The molecule has 4 aromatic rings. The Bertz CT molecular complexity index is 1180. The molecule has 4 rings (SSSR count). The first-order valence-corrected chi connectivity index (χ1v) is 9.00. The normalized spacial score (nSPS) is 10.9. The van der Waals surface area contributed by atoms with Crippen molar-refractivity contribution < 1.29 is 9.47 Å². The highest BCUT2D eigenvalue weighted by Gasteiger charge is 2.13. The number of nitrogens with one attached hydrogen (secondary N) is 1. The maximum atomic E-state index is 12.8. The van der Waals surface area contributed by atoms with Gasteiger partial charge < -0.3 is 19.0 Å². The lowest BCUT2D eigenvalue weighted by molar-refractivity contribution is 0.336. The van der Waals surface area contributed by atoms with E-state index < -0.39 is 0 Å². The maximum Gasteiger partial charge on any atom is 0.277 e. The van der Waals surface area contributed by atoms with E-state index in [1.165, 1.54) is 0 Å². The van der Waals surface area contributed by atoms with Crippen molar-refractivity contribution in [2.75, 3.05) is 13.7 Å². The van der Waals surface area contributed by atoms with Crippen molar-refractivity contribution in [2.45, 2.75) is 13.5 Å². The largest absolute Gasteiger partial charge is 0.497 e. The third-order valence-corrected chi connectivity index (χ3v) is 4.44. The summed E-state index contributed by atoms with van der Waals surface area (Å²) in [5.41, 5.74) is 2.32. The molecule has 0 unspecified atom stereocenters. The van der Waals surface area contributed by atoms with E-state index in [0.29, 0.717) is 35.9 Å². The van der Waals surface area contributed by atoms with Gasteiger partial charge in [0.15, 0.2) is 11.2 Å². The van der Waals surface area contributed by atoms with Gasteiger partial charge in [-0.1, -0.05) is 30.3 Å². The second kappa shape index (κ2) is 7.56. The number of nitrogens with zero attached hydrogens (tertiary/aromatic N) is 3. The van der Waals surface area contributed by atoms with Crippen molar-refractivity contribution in [1.29, 1.82) is 0 Å². The Labute approximate surface area is 161 Å². The summed E-state index contributed by atoms with van der Waals surface area (Å²) in [6.45, 7) is 2.99. The summed E-state index contributed by atoms with van der Waals surface area (Å²) in [5, 5.41) is 0. The van der Waals surface area contributed by atoms with E-state index in [2.05, 4.69) is 15.0 Å². The molecule has 2 heterocycles. The molecule has 7 nitrogen and oxygen atoms in total. The topological polar surface area (TPSA) is 82.0 Å². The van der Waals surface area contributed by atoms with Gasteiger partial charge in [-0.05, 0) is 25.1 Å². The Balaban J connectivity index is 1.74. The molecule has 7 heteroatoms. The summed E-state index contributed by atoms with van der Waals surface area (Å²) in [6, 6.07) is 15.1. The van der Waals surface area contributed by atoms with Crippen LogP contribution in [-0.4, -0.2) is 33.2 Å². The van der Waals surface area contributed by atoms with Crippen molar-refractivity contribution >= 4 is 11.2 Å². The summed E-state index contributed by atoms with van der Waals surface area (Å²) >= 11 is 0. The smallest absolute Gasteiger partial charge is 0.277 e. The molecule has 0 fully saturated rings. The highest BCUT2D eigenvalue weighted by atomic mass is 16.5.